The first-order chi connectivity index (χ1) is 8.02. The van der Waals surface area contributed by atoms with Crippen molar-refractivity contribution in [3.05, 3.63) is 29.8 Å². The lowest BCUT2D eigenvalue weighted by Crippen LogP contribution is -2.24. The molecular formula is C12H13F2NO2. The fourth-order valence-corrected chi connectivity index (χ4v) is 1.88. The van der Waals surface area contributed by atoms with Crippen molar-refractivity contribution in [3.8, 4) is 0 Å². The second kappa shape index (κ2) is 4.31. The van der Waals surface area contributed by atoms with Gasteiger partial charge < -0.3 is 9.64 Å². The van der Waals surface area contributed by atoms with E-state index in [2.05, 4.69) is 4.74 Å². The third-order valence-corrected chi connectivity index (χ3v) is 2.82. The minimum absolute atomic E-state index is 0.119. The number of esters is 1. The third kappa shape index (κ3) is 2.54. The molecule has 0 N–H and O–H groups in total. The molecule has 0 amide bonds. The molecule has 1 fully saturated rings. The first-order valence-corrected chi connectivity index (χ1v) is 5.33. The van der Waals surface area contributed by atoms with Gasteiger partial charge in [0.05, 0.1) is 19.2 Å². The molecule has 1 aliphatic rings. The summed E-state index contributed by atoms with van der Waals surface area (Å²) < 4.78 is 30.6. The first kappa shape index (κ1) is 11.8. The SMILES string of the molecule is COC(=O)c1ccc(N2CCC(F)(F)C2)cc1. The van der Waals surface area contributed by atoms with Gasteiger partial charge in [-0.05, 0) is 24.3 Å². The number of carbonyl (C=O) groups is 1. The van der Waals surface area contributed by atoms with Crippen LogP contribution in [0.3, 0.4) is 0 Å². The van der Waals surface area contributed by atoms with Crippen LogP contribution in [0.2, 0.25) is 0 Å². The van der Waals surface area contributed by atoms with Gasteiger partial charge in [0.2, 0.25) is 0 Å². The van der Waals surface area contributed by atoms with E-state index in [1.165, 1.54) is 7.11 Å². The van der Waals surface area contributed by atoms with Crippen LogP contribution in [0, 0.1) is 0 Å². The number of anilines is 1. The Morgan fingerprint density at radius 1 is 1.35 bits per heavy atom. The van der Waals surface area contributed by atoms with E-state index in [0.29, 0.717) is 17.8 Å². The number of carbonyl (C=O) groups excluding carboxylic acids is 1. The highest BCUT2D eigenvalue weighted by Crippen LogP contribution is 2.30. The Balaban J connectivity index is 2.11. The van der Waals surface area contributed by atoms with E-state index in [4.69, 9.17) is 0 Å². The molecule has 1 aromatic rings. The summed E-state index contributed by atoms with van der Waals surface area (Å²) in [6.07, 6.45) is -0.119. The number of nitrogens with zero attached hydrogens (tertiary/aromatic N) is 1. The van der Waals surface area contributed by atoms with Gasteiger partial charge in [0.15, 0.2) is 0 Å². The van der Waals surface area contributed by atoms with Crippen LogP contribution in [-0.4, -0.2) is 32.1 Å². The van der Waals surface area contributed by atoms with E-state index >= 15 is 0 Å². The maximum Gasteiger partial charge on any atom is 0.337 e. The molecule has 0 aromatic heterocycles. The summed E-state index contributed by atoms with van der Waals surface area (Å²) in [7, 11) is 1.30. The van der Waals surface area contributed by atoms with Gasteiger partial charge in [-0.3, -0.25) is 0 Å². The molecule has 92 valence electrons. The van der Waals surface area contributed by atoms with Crippen LogP contribution in [0.15, 0.2) is 24.3 Å². The van der Waals surface area contributed by atoms with E-state index in [1.54, 1.807) is 29.2 Å². The minimum Gasteiger partial charge on any atom is -0.465 e. The van der Waals surface area contributed by atoms with Crippen molar-refractivity contribution in [2.24, 2.45) is 0 Å². The van der Waals surface area contributed by atoms with Crippen LogP contribution in [-0.2, 0) is 4.74 Å². The summed E-state index contributed by atoms with van der Waals surface area (Å²) in [5.74, 6) is -3.04. The predicted octanol–water partition coefficient (Wildman–Crippen LogP) is 2.32. The smallest absolute Gasteiger partial charge is 0.337 e. The Morgan fingerprint density at radius 3 is 2.47 bits per heavy atom. The fraction of sp³-hybridized carbons (Fsp3) is 0.417. The van der Waals surface area contributed by atoms with Crippen molar-refractivity contribution < 1.29 is 18.3 Å². The van der Waals surface area contributed by atoms with Gasteiger partial charge in [-0.25, -0.2) is 13.6 Å². The lowest BCUT2D eigenvalue weighted by atomic mass is 10.2. The number of hydrogen-bond donors (Lipinski definition) is 0. The molecule has 5 heteroatoms. The van der Waals surface area contributed by atoms with Gasteiger partial charge >= 0.3 is 5.97 Å². The third-order valence-electron chi connectivity index (χ3n) is 2.82. The largest absolute Gasteiger partial charge is 0.465 e. The topological polar surface area (TPSA) is 29.5 Å². The Labute approximate surface area is 98.0 Å². The van der Waals surface area contributed by atoms with Crippen molar-refractivity contribution in [2.75, 3.05) is 25.1 Å². The molecule has 0 bridgehead atoms. The molecule has 0 radical (unpaired) electrons. The van der Waals surface area contributed by atoms with Crippen molar-refractivity contribution in [1.29, 1.82) is 0 Å². The lowest BCUT2D eigenvalue weighted by Gasteiger charge is -2.18. The molecule has 0 spiro atoms. The number of rotatable bonds is 2. The first-order valence-electron chi connectivity index (χ1n) is 5.33. The van der Waals surface area contributed by atoms with Gasteiger partial charge in [-0.2, -0.15) is 0 Å². The number of alkyl halides is 2. The Hall–Kier alpha value is -1.65. The molecule has 1 aliphatic heterocycles. The fourth-order valence-electron chi connectivity index (χ4n) is 1.88. The molecule has 0 unspecified atom stereocenters. The molecule has 3 nitrogen and oxygen atoms in total. The van der Waals surface area contributed by atoms with Gasteiger partial charge in [-0.15, -0.1) is 0 Å². The van der Waals surface area contributed by atoms with Crippen molar-refractivity contribution in [3.63, 3.8) is 0 Å². The molecular weight excluding hydrogens is 228 g/mol. The zero-order valence-electron chi connectivity index (χ0n) is 9.45. The molecule has 1 aromatic carbocycles. The normalized spacial score (nSPS) is 18.2. The van der Waals surface area contributed by atoms with E-state index in [9.17, 15) is 13.6 Å². The summed E-state index contributed by atoms with van der Waals surface area (Å²) in [5, 5.41) is 0. The highest BCUT2D eigenvalue weighted by Gasteiger charge is 2.38. The van der Waals surface area contributed by atoms with E-state index in [0.717, 1.165) is 0 Å². The van der Waals surface area contributed by atoms with Crippen molar-refractivity contribution in [1.82, 2.24) is 0 Å². The maximum absolute atomic E-state index is 13.0. The lowest BCUT2D eigenvalue weighted by molar-refractivity contribution is 0.0257. The van der Waals surface area contributed by atoms with Gasteiger partial charge in [0.1, 0.15) is 0 Å². The number of halogens is 2. The number of methoxy groups -OCH3 is 1. The number of benzene rings is 1. The Kier molecular flexibility index (Phi) is 3.00. The quantitative estimate of drug-likeness (QED) is 0.744. The van der Waals surface area contributed by atoms with Crippen molar-refractivity contribution in [2.45, 2.75) is 12.3 Å². The molecule has 0 atom stereocenters. The second-order valence-corrected chi connectivity index (χ2v) is 4.07. The number of hydrogen-bond acceptors (Lipinski definition) is 3. The zero-order valence-corrected chi connectivity index (χ0v) is 9.45. The highest BCUT2D eigenvalue weighted by atomic mass is 19.3. The van der Waals surface area contributed by atoms with E-state index in [1.807, 2.05) is 0 Å². The molecule has 17 heavy (non-hydrogen) atoms. The minimum atomic E-state index is -2.61. The van der Waals surface area contributed by atoms with Crippen LogP contribution >= 0.6 is 0 Å². The van der Waals surface area contributed by atoms with E-state index in [-0.39, 0.29) is 13.0 Å². The zero-order chi connectivity index (χ0) is 12.5. The molecule has 0 saturated carbocycles. The van der Waals surface area contributed by atoms with Gasteiger partial charge in [0.25, 0.3) is 5.92 Å². The standard InChI is InChI=1S/C12H13F2NO2/c1-17-11(16)9-2-4-10(5-3-9)15-7-6-12(13,14)8-15/h2-5H,6-8H2,1H3. The summed E-state index contributed by atoms with van der Waals surface area (Å²) in [6, 6.07) is 6.48. The van der Waals surface area contributed by atoms with Crippen molar-refractivity contribution >= 4 is 11.7 Å². The summed E-state index contributed by atoms with van der Waals surface area (Å²) >= 11 is 0. The molecule has 2 rings (SSSR count). The van der Waals surface area contributed by atoms with Gasteiger partial charge in [-0.1, -0.05) is 0 Å². The summed E-state index contributed by atoms with van der Waals surface area (Å²) in [5.41, 5.74) is 1.12. The van der Waals surface area contributed by atoms with Crippen LogP contribution in [0.5, 0.6) is 0 Å². The summed E-state index contributed by atoms with van der Waals surface area (Å²) in [6.45, 7) is 0.0785. The maximum atomic E-state index is 13.0. The Morgan fingerprint density at radius 2 is 2.00 bits per heavy atom. The second-order valence-electron chi connectivity index (χ2n) is 4.07. The van der Waals surface area contributed by atoms with Crippen LogP contribution < -0.4 is 4.90 Å². The predicted molar refractivity (Wildman–Crippen MR) is 59.6 cm³/mol. The highest BCUT2D eigenvalue weighted by molar-refractivity contribution is 5.89. The average Bonchev–Trinajstić information content (AvgIpc) is 2.69. The van der Waals surface area contributed by atoms with Crippen LogP contribution in [0.25, 0.3) is 0 Å². The molecule has 1 heterocycles. The summed E-state index contributed by atoms with van der Waals surface area (Å²) in [4.78, 5) is 12.8. The van der Waals surface area contributed by atoms with Crippen LogP contribution in [0.1, 0.15) is 16.8 Å². The molecule has 1 saturated heterocycles. The molecule has 0 aliphatic carbocycles. The number of ether oxygens (including phenoxy) is 1. The van der Waals surface area contributed by atoms with E-state index < -0.39 is 11.9 Å². The van der Waals surface area contributed by atoms with Gasteiger partial charge in [0, 0.05) is 18.7 Å². The monoisotopic (exact) mass is 241 g/mol. The Bertz CT molecular complexity index is 417. The average molecular weight is 241 g/mol. The van der Waals surface area contributed by atoms with Crippen LogP contribution in [0.4, 0.5) is 14.5 Å².